The van der Waals surface area contributed by atoms with Gasteiger partial charge in [-0.25, -0.2) is 4.79 Å². The first kappa shape index (κ1) is 43.2. The van der Waals surface area contributed by atoms with Crippen molar-refractivity contribution in [1.82, 2.24) is 0 Å². The van der Waals surface area contributed by atoms with Crippen LogP contribution in [0, 0.1) is 0 Å². The summed E-state index contributed by atoms with van der Waals surface area (Å²) in [5.74, 6) is -10.7. The number of carbonyl (C=O) groups is 8. The number of carbonyl (C=O) groups excluding carboxylic acids is 8. The van der Waals surface area contributed by atoms with E-state index in [9.17, 15) is 43.5 Å². The molecule has 1 unspecified atom stereocenters. The van der Waals surface area contributed by atoms with Crippen molar-refractivity contribution in [3.63, 3.8) is 0 Å². The summed E-state index contributed by atoms with van der Waals surface area (Å²) in [5.41, 5.74) is 0.214. The fourth-order valence-corrected chi connectivity index (χ4v) is 5.84. The van der Waals surface area contributed by atoms with Crippen molar-refractivity contribution in [3.8, 4) is 0 Å². The standard InChI is InChI=1S/C34H42O20/c1-15(36)45-14-24-25(46-16(2)37)26(47-17(3)38)30(50-20(6)41)33(52-24)54-34(23-11-9-22(13-35)10-12-23)31(51-21(7)42)28(49-19(5)40)27(48-18(4)39)29(53-34)32(43)44-8/h9-12,24-31,33,35H,13-14H2,1-8H3/t24-,25-,26+,27+,28+,29+,30-,31-,33?,34+/m1/s1. The van der Waals surface area contributed by atoms with Crippen molar-refractivity contribution in [2.45, 2.75) is 116 Å². The summed E-state index contributed by atoms with van der Waals surface area (Å²) in [7, 11) is 0.966. The van der Waals surface area contributed by atoms with Crippen LogP contribution in [0.25, 0.3) is 0 Å². The molecule has 3 rings (SSSR count). The zero-order valence-corrected chi connectivity index (χ0v) is 30.6. The van der Waals surface area contributed by atoms with Crippen molar-refractivity contribution in [2.75, 3.05) is 13.7 Å². The Morgan fingerprint density at radius 3 is 1.59 bits per heavy atom. The molecule has 298 valence electrons. The summed E-state index contributed by atoms with van der Waals surface area (Å²) in [6.07, 6.45) is -16.7. The number of esters is 8. The van der Waals surface area contributed by atoms with Gasteiger partial charge in [0.25, 0.3) is 0 Å². The normalized spacial score (nSPS) is 29.0. The van der Waals surface area contributed by atoms with Gasteiger partial charge in [-0.3, -0.25) is 33.6 Å². The van der Waals surface area contributed by atoms with Gasteiger partial charge in [0.05, 0.1) is 13.7 Å². The van der Waals surface area contributed by atoms with E-state index in [4.69, 9.17) is 52.1 Å². The largest absolute Gasteiger partial charge is 0.467 e. The second-order valence-electron chi connectivity index (χ2n) is 11.9. The van der Waals surface area contributed by atoms with Crippen LogP contribution in [0.1, 0.15) is 59.6 Å². The zero-order chi connectivity index (χ0) is 40.5. The van der Waals surface area contributed by atoms with Crippen LogP contribution in [-0.2, 0) is 103 Å². The Balaban J connectivity index is 2.45. The van der Waals surface area contributed by atoms with Crippen LogP contribution in [0.4, 0.5) is 0 Å². The van der Waals surface area contributed by atoms with Crippen molar-refractivity contribution >= 4 is 47.8 Å². The summed E-state index contributed by atoms with van der Waals surface area (Å²) in [5, 5.41) is 9.79. The lowest BCUT2D eigenvalue weighted by molar-refractivity contribution is -0.425. The molecule has 20 heteroatoms. The van der Waals surface area contributed by atoms with E-state index in [-0.39, 0.29) is 5.56 Å². The third-order valence-electron chi connectivity index (χ3n) is 7.71. The second-order valence-corrected chi connectivity index (χ2v) is 11.9. The first-order chi connectivity index (χ1) is 25.3. The molecule has 0 spiro atoms. The second kappa shape index (κ2) is 18.7. The molecular weight excluding hydrogens is 728 g/mol. The molecule has 2 aliphatic heterocycles. The van der Waals surface area contributed by atoms with Crippen LogP contribution in [0.15, 0.2) is 24.3 Å². The highest BCUT2D eigenvalue weighted by molar-refractivity contribution is 5.77. The summed E-state index contributed by atoms with van der Waals surface area (Å²) < 4.78 is 62.1. The molecule has 0 radical (unpaired) electrons. The van der Waals surface area contributed by atoms with Gasteiger partial charge in [-0.1, -0.05) is 24.3 Å². The maximum absolute atomic E-state index is 13.4. The zero-order valence-electron chi connectivity index (χ0n) is 30.6. The maximum atomic E-state index is 13.4. The highest BCUT2D eigenvalue weighted by atomic mass is 16.8. The molecule has 2 aliphatic rings. The van der Waals surface area contributed by atoms with Gasteiger partial charge in [0, 0.05) is 54.0 Å². The Hall–Kier alpha value is -5.18. The van der Waals surface area contributed by atoms with Crippen LogP contribution in [0.3, 0.4) is 0 Å². The third kappa shape index (κ3) is 10.7. The number of hydrogen-bond acceptors (Lipinski definition) is 20. The summed E-state index contributed by atoms with van der Waals surface area (Å²) in [4.78, 5) is 100. The Morgan fingerprint density at radius 1 is 0.630 bits per heavy atom. The molecule has 0 aromatic heterocycles. The van der Waals surface area contributed by atoms with Crippen molar-refractivity contribution in [2.24, 2.45) is 0 Å². The fraction of sp³-hybridized carbons (Fsp3) is 0.588. The van der Waals surface area contributed by atoms with Crippen molar-refractivity contribution < 1.29 is 95.6 Å². The minimum atomic E-state index is -2.72. The monoisotopic (exact) mass is 770 g/mol. The average molecular weight is 771 g/mol. The number of hydrogen-bond donors (Lipinski definition) is 1. The number of benzene rings is 1. The highest BCUT2D eigenvalue weighted by Crippen LogP contribution is 2.46. The molecule has 10 atom stereocenters. The quantitative estimate of drug-likeness (QED) is 0.201. The molecule has 2 fully saturated rings. The number of ether oxygens (including phenoxy) is 11. The molecule has 0 saturated carbocycles. The summed E-state index contributed by atoms with van der Waals surface area (Å²) >= 11 is 0. The molecule has 2 heterocycles. The smallest absolute Gasteiger partial charge is 0.339 e. The lowest BCUT2D eigenvalue weighted by atomic mass is 9.86. The Morgan fingerprint density at radius 2 is 1.11 bits per heavy atom. The molecule has 0 bridgehead atoms. The molecule has 0 amide bonds. The Bertz CT molecular complexity index is 1570. The molecule has 1 aromatic carbocycles. The Labute approximate surface area is 308 Å². The van der Waals surface area contributed by atoms with E-state index in [1.165, 1.54) is 24.3 Å². The number of aliphatic hydroxyl groups is 1. The van der Waals surface area contributed by atoms with Crippen molar-refractivity contribution in [1.29, 1.82) is 0 Å². The highest BCUT2D eigenvalue weighted by Gasteiger charge is 2.66. The lowest BCUT2D eigenvalue weighted by Crippen LogP contribution is -2.70. The minimum absolute atomic E-state index is 0.133. The van der Waals surface area contributed by atoms with E-state index in [0.29, 0.717) is 5.56 Å². The topological polar surface area (TPSA) is 258 Å². The van der Waals surface area contributed by atoms with Gasteiger partial charge in [-0.05, 0) is 5.56 Å². The van der Waals surface area contributed by atoms with E-state index in [2.05, 4.69) is 0 Å². The molecule has 1 N–H and O–H groups in total. The van der Waals surface area contributed by atoms with Gasteiger partial charge in [0.1, 0.15) is 12.7 Å². The third-order valence-corrected chi connectivity index (χ3v) is 7.71. The first-order valence-corrected chi connectivity index (χ1v) is 16.3. The number of rotatable bonds is 13. The van der Waals surface area contributed by atoms with Gasteiger partial charge in [0.15, 0.2) is 36.6 Å². The van der Waals surface area contributed by atoms with Gasteiger partial charge < -0.3 is 57.2 Å². The predicted molar refractivity (Wildman–Crippen MR) is 171 cm³/mol. The van der Waals surface area contributed by atoms with Crippen LogP contribution in [-0.4, -0.2) is 122 Å². The van der Waals surface area contributed by atoms with E-state index < -0.39 is 122 Å². The molecule has 1 aromatic rings. The van der Waals surface area contributed by atoms with E-state index >= 15 is 0 Å². The molecular formula is C34H42O20. The lowest BCUT2D eigenvalue weighted by Gasteiger charge is -2.52. The van der Waals surface area contributed by atoms with Gasteiger partial charge in [-0.2, -0.15) is 0 Å². The molecule has 54 heavy (non-hydrogen) atoms. The average Bonchev–Trinajstić information content (AvgIpc) is 3.07. The van der Waals surface area contributed by atoms with E-state index in [1.807, 2.05) is 0 Å². The summed E-state index contributed by atoms with van der Waals surface area (Å²) in [6, 6.07) is 5.37. The van der Waals surface area contributed by atoms with Crippen LogP contribution >= 0.6 is 0 Å². The first-order valence-electron chi connectivity index (χ1n) is 16.3. The Kier molecular flexibility index (Phi) is 15.0. The maximum Gasteiger partial charge on any atom is 0.339 e. The van der Waals surface area contributed by atoms with E-state index in [1.54, 1.807) is 0 Å². The van der Waals surface area contributed by atoms with Crippen LogP contribution in [0.5, 0.6) is 0 Å². The summed E-state index contributed by atoms with van der Waals surface area (Å²) in [6.45, 7) is 5.85. The van der Waals surface area contributed by atoms with Crippen molar-refractivity contribution in [3.05, 3.63) is 35.4 Å². The van der Waals surface area contributed by atoms with E-state index in [0.717, 1.165) is 55.6 Å². The van der Waals surface area contributed by atoms with Gasteiger partial charge in [0.2, 0.25) is 18.2 Å². The van der Waals surface area contributed by atoms with Gasteiger partial charge in [-0.15, -0.1) is 0 Å². The van der Waals surface area contributed by atoms with Crippen LogP contribution < -0.4 is 0 Å². The van der Waals surface area contributed by atoms with Gasteiger partial charge >= 0.3 is 47.8 Å². The number of aliphatic hydroxyl groups excluding tert-OH is 1. The minimum Gasteiger partial charge on any atom is -0.467 e. The molecule has 0 aliphatic carbocycles. The predicted octanol–water partition coefficient (Wildman–Crippen LogP) is -0.202. The fourth-order valence-electron chi connectivity index (χ4n) is 5.84. The molecule has 20 nitrogen and oxygen atoms in total. The van der Waals surface area contributed by atoms with Crippen LogP contribution in [0.2, 0.25) is 0 Å². The number of methoxy groups -OCH3 is 1. The molecule has 2 saturated heterocycles. The SMILES string of the molecule is COC(=O)[C@H]1O[C@](OC2O[C@H](COC(C)=O)[C@@H](OC(C)=O)[C@H](OC(C)=O)[C@H]2OC(C)=O)(c2ccc(CO)cc2)[C@H](OC(C)=O)[C@@H](OC(C)=O)[C@@H]1OC(C)=O.